The fourth-order valence-electron chi connectivity index (χ4n) is 0.687. The van der Waals surface area contributed by atoms with Crippen LogP contribution in [0.5, 0.6) is 0 Å². The maximum atomic E-state index is 5.70. The van der Waals surface area contributed by atoms with Crippen molar-refractivity contribution >= 4 is 22.6 Å². The number of halogens is 1. The number of hydrogen-bond acceptors (Lipinski definition) is 1. The van der Waals surface area contributed by atoms with Gasteiger partial charge in [-0.2, -0.15) is 0 Å². The van der Waals surface area contributed by atoms with Crippen LogP contribution in [0.2, 0.25) is 0 Å². The van der Waals surface area contributed by atoms with E-state index < -0.39 is 0 Å². The van der Waals surface area contributed by atoms with Gasteiger partial charge in [0.15, 0.2) is 0 Å². The van der Waals surface area contributed by atoms with Gasteiger partial charge >= 0.3 is 0 Å². The van der Waals surface area contributed by atoms with Gasteiger partial charge in [0, 0.05) is 11.1 Å². The lowest BCUT2D eigenvalue weighted by atomic mass is 9.95. The van der Waals surface area contributed by atoms with Crippen LogP contribution in [0.15, 0.2) is 22.3 Å². The normalized spacial score (nSPS) is 14.6. The van der Waals surface area contributed by atoms with Gasteiger partial charge in [-0.3, -0.25) is 0 Å². The molecule has 0 radical (unpaired) electrons. The molecule has 0 aromatic carbocycles. The van der Waals surface area contributed by atoms with Crippen LogP contribution in [0.1, 0.15) is 34.6 Å². The van der Waals surface area contributed by atoms with Crippen molar-refractivity contribution in [3.63, 3.8) is 0 Å². The van der Waals surface area contributed by atoms with Crippen LogP contribution in [0, 0.1) is 5.41 Å². The molecule has 13 heavy (non-hydrogen) atoms. The van der Waals surface area contributed by atoms with Gasteiger partial charge in [0.2, 0.25) is 0 Å². The highest BCUT2D eigenvalue weighted by atomic mass is 35.5. The second-order valence-electron chi connectivity index (χ2n) is 4.03. The molecule has 0 unspecified atom stereocenters. The van der Waals surface area contributed by atoms with Gasteiger partial charge in [-0.15, -0.1) is 0 Å². The van der Waals surface area contributed by atoms with Crippen molar-refractivity contribution in [2.24, 2.45) is 15.4 Å². The van der Waals surface area contributed by atoms with Crippen molar-refractivity contribution in [2.75, 3.05) is 0 Å². The Morgan fingerprint density at radius 3 is 1.85 bits per heavy atom. The lowest BCUT2D eigenvalue weighted by Crippen LogP contribution is -2.19. The van der Waals surface area contributed by atoms with Crippen molar-refractivity contribution in [3.8, 4) is 0 Å². The molecule has 0 amide bonds. The summed E-state index contributed by atoms with van der Waals surface area (Å²) in [5, 5.41) is 0.495. The Morgan fingerprint density at radius 2 is 1.62 bits per heavy atom. The number of rotatable bonds is 1. The molecule has 0 aliphatic heterocycles. The molecule has 0 aromatic heterocycles. The van der Waals surface area contributed by atoms with Crippen LogP contribution in [0.4, 0.5) is 0 Å². The maximum absolute atomic E-state index is 5.70. The van der Waals surface area contributed by atoms with Gasteiger partial charge in [-0.05, 0) is 13.8 Å². The van der Waals surface area contributed by atoms with E-state index in [1.807, 2.05) is 27.7 Å². The Balaban J connectivity index is 5.00. The Bertz CT molecular complexity index is 253. The van der Waals surface area contributed by atoms with E-state index in [9.17, 15) is 0 Å². The summed E-state index contributed by atoms with van der Waals surface area (Å²) in [6, 6.07) is 0. The maximum Gasteiger partial charge on any atom is 0.135 e. The number of nitrogens with zero attached hydrogens (tertiary/aromatic N) is 2. The Morgan fingerprint density at radius 1 is 1.15 bits per heavy atom. The van der Waals surface area contributed by atoms with E-state index in [4.69, 9.17) is 11.6 Å². The number of aliphatic imine (C=N–C) groups is 2. The molecule has 74 valence electrons. The third kappa shape index (κ3) is 5.58. The third-order valence-electron chi connectivity index (χ3n) is 1.23. The minimum absolute atomic E-state index is 0.102. The average molecular weight is 201 g/mol. The molecule has 3 heteroatoms. The van der Waals surface area contributed by atoms with E-state index >= 15 is 0 Å². The second kappa shape index (κ2) is 4.56. The number of hydrogen-bond donors (Lipinski definition) is 0. The Labute approximate surface area is 85.4 Å². The van der Waals surface area contributed by atoms with E-state index in [0.29, 0.717) is 11.0 Å². The van der Waals surface area contributed by atoms with E-state index in [1.165, 1.54) is 0 Å². The van der Waals surface area contributed by atoms with Gasteiger partial charge in [0.1, 0.15) is 11.0 Å². The fraction of sp³-hybridized carbons (Fsp3) is 0.600. The number of amidine groups is 1. The summed E-state index contributed by atoms with van der Waals surface area (Å²) in [5.74, 6) is 0.715. The molecule has 0 saturated heterocycles. The first-order valence-corrected chi connectivity index (χ1v) is 4.56. The zero-order valence-corrected chi connectivity index (χ0v) is 9.74. The second-order valence-corrected chi connectivity index (χ2v) is 4.58. The highest BCUT2D eigenvalue weighted by Crippen LogP contribution is 2.18. The van der Waals surface area contributed by atoms with Gasteiger partial charge in [-0.25, -0.2) is 9.98 Å². The standard InChI is InChI=1S/C10H17ClN2/c1-7(2)12-9(10(4,5)6)13-8(3)11/h1H2,2-6H3/b12-9-,13-8+. The predicted octanol–water partition coefficient (Wildman–Crippen LogP) is 3.62. The van der Waals surface area contributed by atoms with Gasteiger partial charge in [0.25, 0.3) is 0 Å². The van der Waals surface area contributed by atoms with Gasteiger partial charge in [-0.1, -0.05) is 39.0 Å². The first-order valence-electron chi connectivity index (χ1n) is 4.19. The SMILES string of the molecule is C=C(C)/N=C(\N=C(/C)Cl)C(C)(C)C. The molecular weight excluding hydrogens is 184 g/mol. The van der Waals surface area contributed by atoms with Crippen LogP contribution < -0.4 is 0 Å². The summed E-state index contributed by atoms with van der Waals surface area (Å²) >= 11 is 5.70. The smallest absolute Gasteiger partial charge is 0.135 e. The first-order chi connectivity index (χ1) is 5.73. The van der Waals surface area contributed by atoms with Crippen LogP contribution in [-0.2, 0) is 0 Å². The number of allylic oxidation sites excluding steroid dienone is 1. The topological polar surface area (TPSA) is 24.7 Å². The minimum atomic E-state index is -0.102. The largest absolute Gasteiger partial charge is 0.238 e. The summed E-state index contributed by atoms with van der Waals surface area (Å²) in [7, 11) is 0. The predicted molar refractivity (Wildman–Crippen MR) is 60.7 cm³/mol. The molecule has 0 rings (SSSR count). The molecule has 0 aliphatic carbocycles. The summed E-state index contributed by atoms with van der Waals surface area (Å²) in [4.78, 5) is 8.40. The zero-order valence-electron chi connectivity index (χ0n) is 8.98. The van der Waals surface area contributed by atoms with Crippen LogP contribution in [0.25, 0.3) is 0 Å². The van der Waals surface area contributed by atoms with Crippen molar-refractivity contribution in [2.45, 2.75) is 34.6 Å². The Kier molecular flexibility index (Phi) is 4.34. The van der Waals surface area contributed by atoms with E-state index in [0.717, 1.165) is 5.70 Å². The lowest BCUT2D eigenvalue weighted by Gasteiger charge is -2.17. The van der Waals surface area contributed by atoms with E-state index in [2.05, 4.69) is 16.6 Å². The van der Waals surface area contributed by atoms with Crippen LogP contribution in [-0.4, -0.2) is 11.0 Å². The van der Waals surface area contributed by atoms with Crippen molar-refractivity contribution in [3.05, 3.63) is 12.3 Å². The molecule has 0 N–H and O–H groups in total. The highest BCUT2D eigenvalue weighted by molar-refractivity contribution is 6.65. The zero-order chi connectivity index (χ0) is 10.6. The molecule has 0 saturated carbocycles. The summed E-state index contributed by atoms with van der Waals surface area (Å²) in [5.41, 5.74) is 0.640. The third-order valence-corrected chi connectivity index (χ3v) is 1.31. The van der Waals surface area contributed by atoms with E-state index in [-0.39, 0.29) is 5.41 Å². The molecule has 0 atom stereocenters. The van der Waals surface area contributed by atoms with Gasteiger partial charge in [0.05, 0.1) is 0 Å². The quantitative estimate of drug-likeness (QED) is 0.456. The average Bonchev–Trinajstić information content (AvgIpc) is 1.81. The highest BCUT2D eigenvalue weighted by Gasteiger charge is 2.18. The molecule has 2 nitrogen and oxygen atoms in total. The monoisotopic (exact) mass is 200 g/mol. The van der Waals surface area contributed by atoms with Crippen molar-refractivity contribution in [1.29, 1.82) is 0 Å². The summed E-state index contributed by atoms with van der Waals surface area (Å²) in [6.07, 6.45) is 0. The molecule has 0 heterocycles. The van der Waals surface area contributed by atoms with Crippen LogP contribution in [0.3, 0.4) is 0 Å². The Hall–Kier alpha value is -0.630. The molecular formula is C10H17ClN2. The molecule has 0 aliphatic rings. The van der Waals surface area contributed by atoms with Gasteiger partial charge < -0.3 is 0 Å². The summed E-state index contributed by atoms with van der Waals surface area (Å²) < 4.78 is 0. The minimum Gasteiger partial charge on any atom is -0.238 e. The fourth-order valence-corrected chi connectivity index (χ4v) is 0.767. The van der Waals surface area contributed by atoms with Crippen molar-refractivity contribution in [1.82, 2.24) is 0 Å². The first kappa shape index (κ1) is 12.4. The summed E-state index contributed by atoms with van der Waals surface area (Å²) in [6.45, 7) is 13.4. The van der Waals surface area contributed by atoms with Crippen LogP contribution >= 0.6 is 11.6 Å². The lowest BCUT2D eigenvalue weighted by molar-refractivity contribution is 0.584. The van der Waals surface area contributed by atoms with Crippen molar-refractivity contribution < 1.29 is 0 Å². The molecule has 0 spiro atoms. The molecule has 0 bridgehead atoms. The van der Waals surface area contributed by atoms with E-state index in [1.54, 1.807) is 6.92 Å². The molecule has 0 fully saturated rings. The molecule has 0 aromatic rings.